The molecule has 0 bridgehead atoms. The van der Waals surface area contributed by atoms with Crippen molar-refractivity contribution in [3.05, 3.63) is 29.6 Å². The molecule has 1 N–H and O–H groups in total. The second kappa shape index (κ2) is 6.55. The third-order valence-corrected chi connectivity index (χ3v) is 2.38. The minimum Gasteiger partial charge on any atom is -0.478 e. The molecule has 0 saturated heterocycles. The highest BCUT2D eigenvalue weighted by molar-refractivity contribution is 5.94. The molecule has 19 heavy (non-hydrogen) atoms. The van der Waals surface area contributed by atoms with E-state index in [1.54, 1.807) is 0 Å². The maximum Gasteiger partial charge on any atom is 0.261 e. The van der Waals surface area contributed by atoms with Gasteiger partial charge in [-0.1, -0.05) is 5.92 Å². The average molecular weight is 263 g/mol. The number of amides is 1. The van der Waals surface area contributed by atoms with Crippen molar-refractivity contribution >= 4 is 11.7 Å². The lowest BCUT2D eigenvalue weighted by Gasteiger charge is -2.14. The number of carbonyl (C=O) groups is 2. The van der Waals surface area contributed by atoms with Crippen LogP contribution in [0.25, 0.3) is 0 Å². The van der Waals surface area contributed by atoms with Gasteiger partial charge < -0.3 is 10.1 Å². The number of ether oxygens (including phenoxy) is 1. The summed E-state index contributed by atoms with van der Waals surface area (Å²) in [5, 5.41) is 2.42. The van der Waals surface area contributed by atoms with E-state index in [4.69, 9.17) is 11.2 Å². The molecular formula is C14H14FNO3. The van der Waals surface area contributed by atoms with Gasteiger partial charge >= 0.3 is 0 Å². The molecule has 4 nitrogen and oxygen atoms in total. The van der Waals surface area contributed by atoms with Crippen molar-refractivity contribution in [2.24, 2.45) is 0 Å². The molecular weight excluding hydrogens is 249 g/mol. The van der Waals surface area contributed by atoms with E-state index in [-0.39, 0.29) is 23.6 Å². The standard InChI is InChI=1S/C14H14FNO3/c1-4-7-16-14(18)10(3)19-13-6-5-11(9(2)17)8-12(13)15/h1,5-6,8,10H,7H2,2-3H3,(H,16,18). The van der Waals surface area contributed by atoms with Crippen molar-refractivity contribution in [2.45, 2.75) is 20.0 Å². The van der Waals surface area contributed by atoms with E-state index in [0.717, 1.165) is 6.07 Å². The lowest BCUT2D eigenvalue weighted by molar-refractivity contribution is -0.127. The SMILES string of the molecule is C#CCNC(=O)C(C)Oc1ccc(C(C)=O)cc1F. The van der Waals surface area contributed by atoms with Crippen LogP contribution in [0.2, 0.25) is 0 Å². The van der Waals surface area contributed by atoms with E-state index in [2.05, 4.69) is 11.2 Å². The number of nitrogens with one attached hydrogen (secondary N) is 1. The van der Waals surface area contributed by atoms with Crippen molar-refractivity contribution in [1.29, 1.82) is 0 Å². The molecule has 5 heteroatoms. The highest BCUT2D eigenvalue weighted by Crippen LogP contribution is 2.20. The summed E-state index contributed by atoms with van der Waals surface area (Å²) >= 11 is 0. The van der Waals surface area contributed by atoms with Crippen LogP contribution in [-0.2, 0) is 4.79 Å². The first kappa shape index (κ1) is 14.7. The first-order valence-corrected chi connectivity index (χ1v) is 5.64. The fraction of sp³-hybridized carbons (Fsp3) is 0.286. The van der Waals surface area contributed by atoms with Crippen LogP contribution >= 0.6 is 0 Å². The zero-order valence-electron chi connectivity index (χ0n) is 10.7. The molecule has 1 unspecified atom stereocenters. The van der Waals surface area contributed by atoms with Gasteiger partial charge in [0.15, 0.2) is 23.5 Å². The number of rotatable bonds is 5. The zero-order chi connectivity index (χ0) is 14.4. The summed E-state index contributed by atoms with van der Waals surface area (Å²) < 4.78 is 18.8. The summed E-state index contributed by atoms with van der Waals surface area (Å²) in [6, 6.07) is 3.83. The lowest BCUT2D eigenvalue weighted by atomic mass is 10.1. The van der Waals surface area contributed by atoms with Gasteiger partial charge in [0.05, 0.1) is 6.54 Å². The van der Waals surface area contributed by atoms with E-state index in [1.165, 1.54) is 26.0 Å². The highest BCUT2D eigenvalue weighted by Gasteiger charge is 2.16. The Hall–Kier alpha value is -2.35. The Labute approximate surface area is 111 Å². The van der Waals surface area contributed by atoms with Gasteiger partial charge in [-0.15, -0.1) is 6.42 Å². The summed E-state index contributed by atoms with van der Waals surface area (Å²) in [6.45, 7) is 2.90. The Kier molecular flexibility index (Phi) is 5.07. The number of halogens is 1. The summed E-state index contributed by atoms with van der Waals surface area (Å²) in [5.41, 5.74) is 0.245. The van der Waals surface area contributed by atoms with Crippen molar-refractivity contribution in [3.8, 4) is 18.1 Å². The van der Waals surface area contributed by atoms with Gasteiger partial charge in [0.25, 0.3) is 5.91 Å². The normalized spacial score (nSPS) is 11.3. The van der Waals surface area contributed by atoms with Crippen molar-refractivity contribution in [1.82, 2.24) is 5.32 Å². The van der Waals surface area contributed by atoms with Gasteiger partial charge in [-0.05, 0) is 32.0 Å². The molecule has 0 fully saturated rings. The van der Waals surface area contributed by atoms with Crippen LogP contribution in [0.1, 0.15) is 24.2 Å². The molecule has 0 saturated carbocycles. The number of Topliss-reactive ketones (excluding diaryl/α,β-unsaturated/α-hetero) is 1. The Morgan fingerprint density at radius 3 is 2.74 bits per heavy atom. The molecule has 0 heterocycles. The number of hydrogen-bond acceptors (Lipinski definition) is 3. The van der Waals surface area contributed by atoms with Crippen molar-refractivity contribution in [3.63, 3.8) is 0 Å². The van der Waals surface area contributed by atoms with Crippen LogP contribution in [0.3, 0.4) is 0 Å². The number of hydrogen-bond donors (Lipinski definition) is 1. The van der Waals surface area contributed by atoms with Gasteiger partial charge in [-0.2, -0.15) is 0 Å². The van der Waals surface area contributed by atoms with E-state index >= 15 is 0 Å². The summed E-state index contributed by atoms with van der Waals surface area (Å²) in [5.74, 6) is 0.787. The topological polar surface area (TPSA) is 55.4 Å². The molecule has 1 aromatic carbocycles. The van der Waals surface area contributed by atoms with Crippen LogP contribution in [0.5, 0.6) is 5.75 Å². The Morgan fingerprint density at radius 1 is 1.53 bits per heavy atom. The second-order valence-electron chi connectivity index (χ2n) is 3.88. The maximum absolute atomic E-state index is 13.6. The van der Waals surface area contributed by atoms with Crippen LogP contribution in [0, 0.1) is 18.2 Å². The molecule has 0 radical (unpaired) electrons. The first-order valence-electron chi connectivity index (χ1n) is 5.64. The Bertz CT molecular complexity index is 534. The maximum atomic E-state index is 13.6. The van der Waals surface area contributed by atoms with E-state index in [9.17, 15) is 14.0 Å². The molecule has 0 aliphatic carbocycles. The molecule has 0 aromatic heterocycles. The molecule has 1 rings (SSSR count). The summed E-state index contributed by atoms with van der Waals surface area (Å²) in [7, 11) is 0. The lowest BCUT2D eigenvalue weighted by Crippen LogP contribution is -2.36. The minimum absolute atomic E-state index is 0.0816. The smallest absolute Gasteiger partial charge is 0.261 e. The molecule has 1 aromatic rings. The fourth-order valence-corrected chi connectivity index (χ4v) is 1.34. The van der Waals surface area contributed by atoms with Crippen LogP contribution in [0.4, 0.5) is 4.39 Å². The molecule has 1 amide bonds. The minimum atomic E-state index is -0.883. The molecule has 1 atom stereocenters. The van der Waals surface area contributed by atoms with E-state index < -0.39 is 17.8 Å². The molecule has 100 valence electrons. The first-order chi connectivity index (χ1) is 8.95. The third-order valence-electron chi connectivity index (χ3n) is 2.38. The predicted molar refractivity (Wildman–Crippen MR) is 68.3 cm³/mol. The number of terminal acetylenes is 1. The number of carbonyl (C=O) groups excluding carboxylic acids is 2. The monoisotopic (exact) mass is 263 g/mol. The van der Waals surface area contributed by atoms with Crippen LogP contribution in [-0.4, -0.2) is 24.3 Å². The fourth-order valence-electron chi connectivity index (χ4n) is 1.34. The molecule has 0 aliphatic heterocycles. The number of ketones is 1. The van der Waals surface area contributed by atoms with Crippen molar-refractivity contribution in [2.75, 3.05) is 6.54 Å². The molecule has 0 aliphatic rings. The van der Waals surface area contributed by atoms with Crippen LogP contribution < -0.4 is 10.1 Å². The van der Waals surface area contributed by atoms with Gasteiger partial charge in [0.1, 0.15) is 0 Å². The van der Waals surface area contributed by atoms with E-state index in [1.807, 2.05) is 0 Å². The summed E-state index contributed by atoms with van der Waals surface area (Å²) in [6.07, 6.45) is 4.12. The third kappa shape index (κ3) is 4.11. The largest absolute Gasteiger partial charge is 0.478 e. The zero-order valence-corrected chi connectivity index (χ0v) is 10.7. The van der Waals surface area contributed by atoms with Gasteiger partial charge in [0, 0.05) is 5.56 Å². The van der Waals surface area contributed by atoms with Crippen LogP contribution in [0.15, 0.2) is 18.2 Å². The Morgan fingerprint density at radius 2 is 2.21 bits per heavy atom. The van der Waals surface area contributed by atoms with Gasteiger partial charge in [-0.3, -0.25) is 9.59 Å². The predicted octanol–water partition coefficient (Wildman–Crippen LogP) is 1.54. The van der Waals surface area contributed by atoms with Gasteiger partial charge in [-0.25, -0.2) is 4.39 Å². The second-order valence-corrected chi connectivity index (χ2v) is 3.88. The molecule has 0 spiro atoms. The van der Waals surface area contributed by atoms with E-state index in [0.29, 0.717) is 0 Å². The average Bonchev–Trinajstić information content (AvgIpc) is 2.37. The number of benzene rings is 1. The van der Waals surface area contributed by atoms with Crippen molar-refractivity contribution < 1.29 is 18.7 Å². The van der Waals surface area contributed by atoms with Gasteiger partial charge in [0.2, 0.25) is 0 Å². The summed E-state index contributed by atoms with van der Waals surface area (Å²) in [4.78, 5) is 22.6. The Balaban J connectivity index is 2.75. The highest BCUT2D eigenvalue weighted by atomic mass is 19.1. The quantitative estimate of drug-likeness (QED) is 0.647.